The second-order valence-corrected chi connectivity index (χ2v) is 12.5. The Kier molecular flexibility index (Phi) is 3.75. The second kappa shape index (κ2) is 4.58. The molecule has 2 saturated heterocycles. The van der Waals surface area contributed by atoms with E-state index in [1.54, 1.807) is 0 Å². The zero-order valence-electron chi connectivity index (χ0n) is 13.3. The molecule has 4 atom stereocenters. The van der Waals surface area contributed by atoms with Gasteiger partial charge in [0.1, 0.15) is 25.7 Å². The monoisotopic (exact) mass is 282 g/mol. The van der Waals surface area contributed by atoms with Crippen molar-refractivity contribution in [1.29, 1.82) is 0 Å². The fraction of sp³-hybridized carbons (Fsp3) is 1.00. The Labute approximate surface area is 119 Å². The van der Waals surface area contributed by atoms with Crippen molar-refractivity contribution in [3.8, 4) is 0 Å². The molecular formula is C14H27BO3Si. The first-order chi connectivity index (χ1) is 8.51. The quantitative estimate of drug-likeness (QED) is 0.745. The zero-order valence-corrected chi connectivity index (χ0v) is 14.3. The molecule has 0 aromatic heterocycles. The number of fused-ring (bicyclic) bond motifs is 2. The lowest BCUT2D eigenvalue weighted by molar-refractivity contribution is -0.137. The summed E-state index contributed by atoms with van der Waals surface area (Å²) in [4.78, 5) is 0. The van der Waals surface area contributed by atoms with Gasteiger partial charge in [0.15, 0.2) is 8.32 Å². The van der Waals surface area contributed by atoms with Crippen LogP contribution in [0.15, 0.2) is 0 Å². The van der Waals surface area contributed by atoms with Crippen molar-refractivity contribution >= 4 is 16.2 Å². The first kappa shape index (κ1) is 15.5. The van der Waals surface area contributed by atoms with Crippen LogP contribution in [0.4, 0.5) is 0 Å². The van der Waals surface area contributed by atoms with Crippen LogP contribution in [-0.4, -0.2) is 46.6 Å². The summed E-state index contributed by atoms with van der Waals surface area (Å²) in [6, 6.07) is -0.356. The SMILES string of the molecule is [B][C@@H]1O[C@@]2(C(C)C)CO[C@@H]1[C@@H]2O[Si](C)(C)C(C)(C)C. The lowest BCUT2D eigenvalue weighted by atomic mass is 9.86. The first-order valence-electron chi connectivity index (χ1n) is 7.24. The molecule has 0 spiro atoms. The lowest BCUT2D eigenvalue weighted by Gasteiger charge is -2.42. The lowest BCUT2D eigenvalue weighted by Crippen LogP contribution is -2.53. The third kappa shape index (κ3) is 2.33. The Morgan fingerprint density at radius 2 is 1.89 bits per heavy atom. The summed E-state index contributed by atoms with van der Waals surface area (Å²) in [5, 5.41) is 0.178. The minimum absolute atomic E-state index is 0.0246. The third-order valence-electron chi connectivity index (χ3n) is 5.17. The maximum atomic E-state index is 6.59. The summed E-state index contributed by atoms with van der Waals surface area (Å²) in [7, 11) is 4.20. The van der Waals surface area contributed by atoms with E-state index in [1.807, 2.05) is 0 Å². The Morgan fingerprint density at radius 1 is 1.32 bits per heavy atom. The Balaban J connectivity index is 2.25. The summed E-state index contributed by atoms with van der Waals surface area (Å²) in [5.74, 6) is 0.334. The molecular weight excluding hydrogens is 255 g/mol. The molecule has 0 aromatic rings. The molecule has 0 amide bonds. The average molecular weight is 282 g/mol. The number of ether oxygens (including phenoxy) is 2. The summed E-state index contributed by atoms with van der Waals surface area (Å²) < 4.78 is 18.5. The van der Waals surface area contributed by atoms with Crippen LogP contribution in [0.5, 0.6) is 0 Å². The van der Waals surface area contributed by atoms with Crippen molar-refractivity contribution in [2.75, 3.05) is 6.61 Å². The number of hydrogen-bond donors (Lipinski definition) is 0. The van der Waals surface area contributed by atoms with Gasteiger partial charge < -0.3 is 13.9 Å². The summed E-state index contributed by atoms with van der Waals surface area (Å²) in [6.07, 6.45) is -0.139. The average Bonchev–Trinajstić information content (AvgIpc) is 2.68. The molecule has 0 aliphatic carbocycles. The molecule has 0 N–H and O–H groups in total. The van der Waals surface area contributed by atoms with Crippen LogP contribution in [0.25, 0.3) is 0 Å². The smallest absolute Gasteiger partial charge is 0.192 e. The molecule has 2 rings (SSSR count). The molecule has 2 heterocycles. The fourth-order valence-corrected chi connectivity index (χ4v) is 3.98. The summed E-state index contributed by atoms with van der Waals surface area (Å²) >= 11 is 0. The molecule has 0 unspecified atom stereocenters. The third-order valence-corrected chi connectivity index (χ3v) is 9.62. The minimum Gasteiger partial charge on any atom is -0.408 e. The molecule has 0 saturated carbocycles. The van der Waals surface area contributed by atoms with Crippen LogP contribution >= 0.6 is 0 Å². The molecule has 0 aromatic carbocycles. The van der Waals surface area contributed by atoms with Gasteiger partial charge in [0, 0.05) is 6.00 Å². The topological polar surface area (TPSA) is 27.7 Å². The molecule has 2 aliphatic heterocycles. The van der Waals surface area contributed by atoms with Gasteiger partial charge in [-0.25, -0.2) is 0 Å². The highest BCUT2D eigenvalue weighted by molar-refractivity contribution is 6.74. The fourth-order valence-electron chi connectivity index (χ4n) is 2.65. The molecule has 2 radical (unpaired) electrons. The van der Waals surface area contributed by atoms with Crippen molar-refractivity contribution in [1.82, 2.24) is 0 Å². The Bertz CT molecular complexity index is 353. The highest BCUT2D eigenvalue weighted by Crippen LogP contribution is 2.48. The van der Waals surface area contributed by atoms with E-state index in [0.717, 1.165) is 0 Å². The molecule has 3 nitrogen and oxygen atoms in total. The van der Waals surface area contributed by atoms with E-state index < -0.39 is 8.32 Å². The van der Waals surface area contributed by atoms with Crippen LogP contribution in [0.3, 0.4) is 0 Å². The zero-order chi connectivity index (χ0) is 14.6. The van der Waals surface area contributed by atoms with E-state index >= 15 is 0 Å². The number of hydrogen-bond acceptors (Lipinski definition) is 3. The second-order valence-electron chi connectivity index (χ2n) is 7.77. The normalized spacial score (nSPS) is 39.3. The molecule has 5 heteroatoms. The van der Waals surface area contributed by atoms with E-state index in [1.165, 1.54) is 0 Å². The van der Waals surface area contributed by atoms with E-state index in [9.17, 15) is 0 Å². The van der Waals surface area contributed by atoms with Crippen LogP contribution in [0, 0.1) is 5.92 Å². The van der Waals surface area contributed by atoms with Crippen LogP contribution in [0.2, 0.25) is 18.1 Å². The van der Waals surface area contributed by atoms with Crippen molar-refractivity contribution in [3.05, 3.63) is 0 Å². The summed E-state index contributed by atoms with van der Waals surface area (Å²) in [6.45, 7) is 16.2. The van der Waals surface area contributed by atoms with E-state index in [-0.39, 0.29) is 28.9 Å². The van der Waals surface area contributed by atoms with Gasteiger partial charge in [-0.15, -0.1) is 0 Å². The van der Waals surface area contributed by atoms with Gasteiger partial charge in [0.2, 0.25) is 0 Å². The van der Waals surface area contributed by atoms with Crippen molar-refractivity contribution in [3.63, 3.8) is 0 Å². The molecule has 108 valence electrons. The molecule has 2 fully saturated rings. The van der Waals surface area contributed by atoms with Crippen molar-refractivity contribution in [2.24, 2.45) is 5.92 Å². The van der Waals surface area contributed by atoms with Gasteiger partial charge >= 0.3 is 0 Å². The van der Waals surface area contributed by atoms with Crippen LogP contribution < -0.4 is 0 Å². The molecule has 19 heavy (non-hydrogen) atoms. The van der Waals surface area contributed by atoms with Gasteiger partial charge in [-0.3, -0.25) is 0 Å². The largest absolute Gasteiger partial charge is 0.408 e. The first-order valence-corrected chi connectivity index (χ1v) is 10.1. The van der Waals surface area contributed by atoms with Gasteiger partial charge in [-0.05, 0) is 24.1 Å². The number of rotatable bonds is 3. The van der Waals surface area contributed by atoms with E-state index in [2.05, 4.69) is 47.7 Å². The molecule has 2 bridgehead atoms. The van der Waals surface area contributed by atoms with Gasteiger partial charge in [-0.1, -0.05) is 34.6 Å². The van der Waals surface area contributed by atoms with Crippen molar-refractivity contribution in [2.45, 2.75) is 76.6 Å². The minimum atomic E-state index is -1.85. The van der Waals surface area contributed by atoms with Crippen LogP contribution in [-0.2, 0) is 13.9 Å². The Morgan fingerprint density at radius 3 is 2.32 bits per heavy atom. The van der Waals surface area contributed by atoms with Crippen molar-refractivity contribution < 1.29 is 13.9 Å². The predicted molar refractivity (Wildman–Crippen MR) is 80.0 cm³/mol. The maximum absolute atomic E-state index is 6.59. The van der Waals surface area contributed by atoms with E-state index in [4.69, 9.17) is 21.7 Å². The predicted octanol–water partition coefficient (Wildman–Crippen LogP) is 2.70. The van der Waals surface area contributed by atoms with E-state index in [0.29, 0.717) is 12.5 Å². The Hall–Kier alpha value is 0.162. The standard InChI is InChI=1S/C14H27BO3Si/c1-9(2)14-8-16-10(12(15)17-14)11(14)18-19(6,7)13(3,4)5/h9-12H,8H2,1-7H3/t10-,11+,12-,14-/m1/s1. The highest BCUT2D eigenvalue weighted by atomic mass is 28.4. The highest BCUT2D eigenvalue weighted by Gasteiger charge is 2.63. The van der Waals surface area contributed by atoms with Gasteiger partial charge in [0.25, 0.3) is 0 Å². The van der Waals surface area contributed by atoms with Gasteiger partial charge in [0.05, 0.1) is 6.61 Å². The summed E-state index contributed by atoms with van der Waals surface area (Å²) in [5.41, 5.74) is -0.362. The molecule has 2 aliphatic rings. The maximum Gasteiger partial charge on any atom is 0.192 e. The van der Waals surface area contributed by atoms with Crippen LogP contribution in [0.1, 0.15) is 34.6 Å². The van der Waals surface area contributed by atoms with Gasteiger partial charge in [-0.2, -0.15) is 0 Å².